The number of aromatic nitrogens is 1. The van der Waals surface area contributed by atoms with E-state index in [1.165, 1.54) is 35.9 Å². The molecule has 0 aliphatic carbocycles. The molecule has 0 spiro atoms. The summed E-state index contributed by atoms with van der Waals surface area (Å²) in [4.78, 5) is 2.31. The zero-order valence-electron chi connectivity index (χ0n) is 16.3. The fourth-order valence-corrected chi connectivity index (χ4v) is 3.36. The number of likely N-dealkylation sites (N-methyl/N-ethyl adjacent to an activating group) is 1. The molecule has 0 atom stereocenters. The first-order chi connectivity index (χ1) is 13.3. The SMILES string of the molecule is C=CCN(C)CCCCCCOc1ccc2c(ccn2-c2ccccc2)c1. The summed E-state index contributed by atoms with van der Waals surface area (Å²) in [5, 5.41) is 1.21. The molecule has 3 aromatic rings. The molecule has 2 aromatic carbocycles. The van der Waals surface area contributed by atoms with Gasteiger partial charge < -0.3 is 14.2 Å². The zero-order valence-corrected chi connectivity index (χ0v) is 16.3. The third-order valence-corrected chi connectivity index (χ3v) is 4.84. The van der Waals surface area contributed by atoms with E-state index in [4.69, 9.17) is 4.74 Å². The third kappa shape index (κ3) is 5.48. The average molecular weight is 363 g/mol. The molecule has 0 saturated heterocycles. The van der Waals surface area contributed by atoms with Gasteiger partial charge in [-0.1, -0.05) is 37.1 Å². The molecule has 3 nitrogen and oxygen atoms in total. The second kappa shape index (κ2) is 9.98. The average Bonchev–Trinajstić information content (AvgIpc) is 3.11. The van der Waals surface area contributed by atoms with E-state index in [-0.39, 0.29) is 0 Å². The van der Waals surface area contributed by atoms with Crippen LogP contribution in [0.5, 0.6) is 5.75 Å². The summed E-state index contributed by atoms with van der Waals surface area (Å²) in [6.07, 6.45) is 8.89. The summed E-state index contributed by atoms with van der Waals surface area (Å²) in [6.45, 7) is 6.67. The second-order valence-corrected chi connectivity index (χ2v) is 7.06. The Balaban J connectivity index is 1.44. The topological polar surface area (TPSA) is 17.4 Å². The highest BCUT2D eigenvalue weighted by Crippen LogP contribution is 2.25. The Hall–Kier alpha value is -2.52. The lowest BCUT2D eigenvalue weighted by Gasteiger charge is -2.13. The normalized spacial score (nSPS) is 11.2. The minimum atomic E-state index is 0.785. The fraction of sp³-hybridized carbons (Fsp3) is 0.333. The fourth-order valence-electron chi connectivity index (χ4n) is 3.36. The van der Waals surface area contributed by atoms with Crippen LogP contribution in [0.4, 0.5) is 0 Å². The molecule has 0 bridgehead atoms. The van der Waals surface area contributed by atoms with Crippen molar-refractivity contribution in [3.8, 4) is 11.4 Å². The first-order valence-electron chi connectivity index (χ1n) is 9.87. The number of hydrogen-bond acceptors (Lipinski definition) is 2. The predicted octanol–water partition coefficient (Wildman–Crippen LogP) is 5.69. The van der Waals surface area contributed by atoms with Crippen molar-refractivity contribution in [2.75, 3.05) is 26.7 Å². The molecule has 0 radical (unpaired) electrons. The maximum Gasteiger partial charge on any atom is 0.120 e. The van der Waals surface area contributed by atoms with E-state index in [2.05, 4.69) is 77.8 Å². The van der Waals surface area contributed by atoms with Gasteiger partial charge in [-0.2, -0.15) is 0 Å². The molecule has 1 heterocycles. The van der Waals surface area contributed by atoms with Gasteiger partial charge in [0.15, 0.2) is 0 Å². The summed E-state index contributed by atoms with van der Waals surface area (Å²) in [6, 6.07) is 18.9. The van der Waals surface area contributed by atoms with Crippen LogP contribution in [0.2, 0.25) is 0 Å². The number of fused-ring (bicyclic) bond motifs is 1. The highest BCUT2D eigenvalue weighted by molar-refractivity contribution is 5.83. The van der Waals surface area contributed by atoms with Crippen LogP contribution in [-0.2, 0) is 0 Å². The van der Waals surface area contributed by atoms with Gasteiger partial charge in [-0.05, 0) is 62.8 Å². The van der Waals surface area contributed by atoms with Crippen molar-refractivity contribution < 1.29 is 4.74 Å². The van der Waals surface area contributed by atoms with Crippen molar-refractivity contribution in [1.29, 1.82) is 0 Å². The van der Waals surface area contributed by atoms with Crippen LogP contribution in [0.15, 0.2) is 73.4 Å². The smallest absolute Gasteiger partial charge is 0.120 e. The lowest BCUT2D eigenvalue weighted by Crippen LogP contribution is -2.19. The third-order valence-electron chi connectivity index (χ3n) is 4.84. The van der Waals surface area contributed by atoms with E-state index < -0.39 is 0 Å². The Morgan fingerprint density at radius 2 is 1.81 bits per heavy atom. The van der Waals surface area contributed by atoms with Crippen molar-refractivity contribution in [2.45, 2.75) is 25.7 Å². The van der Waals surface area contributed by atoms with Gasteiger partial charge in [0.2, 0.25) is 0 Å². The van der Waals surface area contributed by atoms with Gasteiger partial charge in [-0.15, -0.1) is 6.58 Å². The van der Waals surface area contributed by atoms with E-state index in [1.54, 1.807) is 0 Å². The Bertz CT molecular complexity index is 838. The van der Waals surface area contributed by atoms with Gasteiger partial charge in [0, 0.05) is 23.8 Å². The molecule has 27 heavy (non-hydrogen) atoms. The van der Waals surface area contributed by atoms with Crippen LogP contribution in [-0.4, -0.2) is 36.2 Å². The summed E-state index contributed by atoms with van der Waals surface area (Å²) >= 11 is 0. The van der Waals surface area contributed by atoms with Gasteiger partial charge in [0.25, 0.3) is 0 Å². The van der Waals surface area contributed by atoms with E-state index in [9.17, 15) is 0 Å². The summed E-state index contributed by atoms with van der Waals surface area (Å²) in [5.41, 5.74) is 2.39. The molecular formula is C24H30N2O. The number of nitrogens with zero attached hydrogens (tertiary/aromatic N) is 2. The van der Waals surface area contributed by atoms with Crippen LogP contribution in [0, 0.1) is 0 Å². The van der Waals surface area contributed by atoms with Crippen molar-refractivity contribution in [3.63, 3.8) is 0 Å². The van der Waals surface area contributed by atoms with Gasteiger partial charge in [-0.25, -0.2) is 0 Å². The largest absolute Gasteiger partial charge is 0.494 e. The highest BCUT2D eigenvalue weighted by Gasteiger charge is 2.04. The Morgan fingerprint density at radius 1 is 1.00 bits per heavy atom. The Morgan fingerprint density at radius 3 is 2.63 bits per heavy atom. The van der Waals surface area contributed by atoms with Crippen molar-refractivity contribution >= 4 is 10.9 Å². The van der Waals surface area contributed by atoms with E-state index in [1.807, 2.05) is 12.1 Å². The van der Waals surface area contributed by atoms with Gasteiger partial charge in [0.1, 0.15) is 5.75 Å². The highest BCUT2D eigenvalue weighted by atomic mass is 16.5. The number of unbranched alkanes of at least 4 members (excludes halogenated alkanes) is 3. The molecule has 3 heteroatoms. The van der Waals surface area contributed by atoms with Crippen LogP contribution >= 0.6 is 0 Å². The lowest BCUT2D eigenvalue weighted by molar-refractivity contribution is 0.300. The minimum Gasteiger partial charge on any atom is -0.494 e. The van der Waals surface area contributed by atoms with E-state index in [0.29, 0.717) is 0 Å². The Labute approximate surface area is 162 Å². The quantitative estimate of drug-likeness (QED) is 0.322. The molecule has 0 saturated carbocycles. The molecule has 0 unspecified atom stereocenters. The van der Waals surface area contributed by atoms with E-state index >= 15 is 0 Å². The summed E-state index contributed by atoms with van der Waals surface area (Å²) in [5.74, 6) is 0.957. The molecule has 0 fully saturated rings. The van der Waals surface area contributed by atoms with Gasteiger partial charge >= 0.3 is 0 Å². The molecule has 0 aliphatic heterocycles. The maximum absolute atomic E-state index is 5.96. The number of benzene rings is 2. The minimum absolute atomic E-state index is 0.785. The van der Waals surface area contributed by atoms with Crippen molar-refractivity contribution in [2.24, 2.45) is 0 Å². The maximum atomic E-state index is 5.96. The van der Waals surface area contributed by atoms with Crippen LogP contribution in [0.1, 0.15) is 25.7 Å². The first-order valence-corrected chi connectivity index (χ1v) is 9.87. The summed E-state index contributed by atoms with van der Waals surface area (Å²) < 4.78 is 8.17. The van der Waals surface area contributed by atoms with Gasteiger partial charge in [-0.3, -0.25) is 0 Å². The number of hydrogen-bond donors (Lipinski definition) is 0. The van der Waals surface area contributed by atoms with Crippen LogP contribution < -0.4 is 4.74 Å². The molecular weight excluding hydrogens is 332 g/mol. The number of para-hydroxylation sites is 1. The molecule has 3 rings (SSSR count). The van der Waals surface area contributed by atoms with Crippen molar-refractivity contribution in [3.05, 3.63) is 73.4 Å². The standard InChI is InChI=1S/C24H30N2O/c1-3-16-25(2)17-9-4-5-10-19-27-23-13-14-24-21(20-23)15-18-26(24)22-11-7-6-8-12-22/h3,6-8,11-15,18,20H,1,4-5,9-10,16-17,19H2,2H3. The van der Waals surface area contributed by atoms with Crippen LogP contribution in [0.3, 0.4) is 0 Å². The van der Waals surface area contributed by atoms with Crippen LogP contribution in [0.25, 0.3) is 16.6 Å². The summed E-state index contributed by atoms with van der Waals surface area (Å²) in [7, 11) is 2.14. The molecule has 0 N–H and O–H groups in total. The number of rotatable bonds is 11. The first kappa shape index (κ1) is 19.2. The van der Waals surface area contributed by atoms with Gasteiger partial charge in [0.05, 0.1) is 12.1 Å². The second-order valence-electron chi connectivity index (χ2n) is 7.06. The molecule has 0 aliphatic rings. The monoisotopic (exact) mass is 362 g/mol. The zero-order chi connectivity index (χ0) is 18.9. The molecule has 1 aromatic heterocycles. The lowest BCUT2D eigenvalue weighted by atomic mass is 10.2. The predicted molar refractivity (Wildman–Crippen MR) is 115 cm³/mol. The Kier molecular flexibility index (Phi) is 7.11. The molecule has 142 valence electrons. The van der Waals surface area contributed by atoms with E-state index in [0.717, 1.165) is 31.9 Å². The van der Waals surface area contributed by atoms with Crippen molar-refractivity contribution in [1.82, 2.24) is 9.47 Å². The molecule has 0 amide bonds. The number of ether oxygens (including phenoxy) is 1.